The summed E-state index contributed by atoms with van der Waals surface area (Å²) in [6.45, 7) is 3.90. The van der Waals surface area contributed by atoms with Crippen LogP contribution < -0.4 is 16.4 Å². The summed E-state index contributed by atoms with van der Waals surface area (Å²) < 4.78 is 0. The fourth-order valence-electron chi connectivity index (χ4n) is 4.63. The number of hydrogen-bond donors (Lipinski definition) is 4. The van der Waals surface area contributed by atoms with Crippen molar-refractivity contribution in [2.24, 2.45) is 11.7 Å². The molecule has 35 heavy (non-hydrogen) atoms. The van der Waals surface area contributed by atoms with Gasteiger partial charge in [-0.3, -0.25) is 14.4 Å². The molecule has 2 aliphatic rings. The lowest BCUT2D eigenvalue weighted by molar-refractivity contribution is -0.142. The first-order valence-corrected chi connectivity index (χ1v) is 13.8. The van der Waals surface area contributed by atoms with Gasteiger partial charge in [-0.25, -0.2) is 4.79 Å². The number of nitrogens with two attached hydrogens (primary N) is 1. The molecular weight excluding hydrogens is 536 g/mol. The molecule has 2 rings (SSSR count). The van der Waals surface area contributed by atoms with Gasteiger partial charge < -0.3 is 26.4 Å². The molecule has 1 aliphatic heterocycles. The number of aliphatic carboxylic acids is 1. The number of ketones is 1. The normalized spacial score (nSPS) is 21.5. The van der Waals surface area contributed by atoms with E-state index in [0.29, 0.717) is 37.3 Å². The summed E-state index contributed by atoms with van der Waals surface area (Å²) in [6.07, 6.45) is 6.47. The van der Waals surface area contributed by atoms with E-state index in [-0.39, 0.29) is 41.2 Å². The van der Waals surface area contributed by atoms with E-state index in [1.54, 1.807) is 4.90 Å². The van der Waals surface area contributed by atoms with Crippen LogP contribution in [0.15, 0.2) is 0 Å². The van der Waals surface area contributed by atoms with E-state index in [1.165, 1.54) is 13.8 Å². The smallest absolute Gasteiger partial charge is 0.328 e. The first-order chi connectivity index (χ1) is 16.5. The van der Waals surface area contributed by atoms with E-state index in [4.69, 9.17) is 18.0 Å². The molecule has 0 radical (unpaired) electrons. The molecule has 0 spiro atoms. The van der Waals surface area contributed by atoms with Crippen LogP contribution in [0.1, 0.15) is 78.1 Å². The minimum absolute atomic E-state index is 0.0216. The van der Waals surface area contributed by atoms with E-state index in [0.717, 1.165) is 32.1 Å². The Morgan fingerprint density at radius 3 is 2.43 bits per heavy atom. The highest BCUT2D eigenvalue weighted by molar-refractivity contribution is 9.09. The number of alkyl halides is 1. The second-order valence-electron chi connectivity index (χ2n) is 10.1. The fraction of sp³-hybridized carbons (Fsp3) is 0.792. The van der Waals surface area contributed by atoms with Crippen LogP contribution in [0.3, 0.4) is 0 Å². The second kappa shape index (κ2) is 13.6. The predicted octanol–water partition coefficient (Wildman–Crippen LogP) is 2.28. The molecule has 1 saturated heterocycles. The molecule has 1 heterocycles. The first-order valence-electron chi connectivity index (χ1n) is 12.5. The highest BCUT2D eigenvalue weighted by atomic mass is 79.9. The van der Waals surface area contributed by atoms with Crippen LogP contribution in [0.5, 0.6) is 0 Å². The lowest BCUT2D eigenvalue weighted by atomic mass is 10.0. The van der Waals surface area contributed by atoms with Crippen molar-refractivity contribution < 1.29 is 24.3 Å². The Balaban J connectivity index is 2.04. The number of carboxylic acids is 1. The van der Waals surface area contributed by atoms with E-state index in [2.05, 4.69) is 26.6 Å². The van der Waals surface area contributed by atoms with Gasteiger partial charge in [0.1, 0.15) is 11.6 Å². The number of nitrogens with zero attached hydrogens (tertiary/aromatic N) is 1. The van der Waals surface area contributed by atoms with Crippen LogP contribution >= 0.6 is 28.1 Å². The zero-order chi connectivity index (χ0) is 26.2. The van der Waals surface area contributed by atoms with Crippen molar-refractivity contribution >= 4 is 56.7 Å². The number of amides is 2. The highest BCUT2D eigenvalue weighted by Crippen LogP contribution is 2.28. The summed E-state index contributed by atoms with van der Waals surface area (Å²) in [7, 11) is 0. The van der Waals surface area contributed by atoms with Crippen LogP contribution in [-0.4, -0.2) is 74.1 Å². The van der Waals surface area contributed by atoms with Crippen molar-refractivity contribution in [1.82, 2.24) is 15.5 Å². The zero-order valence-corrected chi connectivity index (χ0v) is 23.1. The van der Waals surface area contributed by atoms with Gasteiger partial charge in [-0.15, -0.1) is 0 Å². The number of carboxylic acid groups (broad SMARTS) is 1. The van der Waals surface area contributed by atoms with E-state index in [9.17, 15) is 24.3 Å². The molecule has 1 aliphatic carbocycles. The van der Waals surface area contributed by atoms with Crippen LogP contribution in [0.2, 0.25) is 0 Å². The summed E-state index contributed by atoms with van der Waals surface area (Å²) in [4.78, 5) is 52.6. The molecule has 0 aromatic heterocycles. The Labute approximate surface area is 221 Å². The highest BCUT2D eigenvalue weighted by Gasteiger charge is 2.41. The van der Waals surface area contributed by atoms with Crippen LogP contribution in [0.25, 0.3) is 0 Å². The Morgan fingerprint density at radius 1 is 1.17 bits per heavy atom. The molecule has 9 nitrogen and oxygen atoms in total. The van der Waals surface area contributed by atoms with Crippen LogP contribution in [-0.2, 0) is 19.2 Å². The quantitative estimate of drug-likeness (QED) is 0.149. The molecule has 2 amide bonds. The van der Waals surface area contributed by atoms with Gasteiger partial charge in [0.05, 0.1) is 11.0 Å². The number of unbranched alkanes of at least 4 members (excludes halogenated alkanes) is 1. The monoisotopic (exact) mass is 574 g/mol. The number of Topliss-reactive ketones (excluding diaryl/α,β-unsaturated/α-hetero) is 1. The molecule has 0 aromatic rings. The van der Waals surface area contributed by atoms with Gasteiger partial charge in [0.15, 0.2) is 5.78 Å². The minimum atomic E-state index is -1.23. The predicted molar refractivity (Wildman–Crippen MR) is 141 cm³/mol. The molecule has 2 fully saturated rings. The SMILES string of the molecule is CC(C)(NC(=S)CCC(=O)[C@@H]1CC(Br)CN1C(=O)[C@H](CCCCN)NC(=O)C1CCCC1)C(=O)O. The van der Waals surface area contributed by atoms with Crippen molar-refractivity contribution in [2.45, 2.75) is 101 Å². The maximum absolute atomic E-state index is 13.6. The molecule has 1 unspecified atom stereocenters. The van der Waals surface area contributed by atoms with E-state index >= 15 is 0 Å². The molecule has 0 bridgehead atoms. The second-order valence-corrected chi connectivity index (χ2v) is 11.9. The average molecular weight is 576 g/mol. The summed E-state index contributed by atoms with van der Waals surface area (Å²) in [5.41, 5.74) is 4.39. The third-order valence-electron chi connectivity index (χ3n) is 6.78. The molecule has 1 saturated carbocycles. The zero-order valence-electron chi connectivity index (χ0n) is 20.7. The number of halogens is 1. The van der Waals surface area contributed by atoms with E-state index in [1.807, 2.05) is 0 Å². The molecule has 198 valence electrons. The Kier molecular flexibility index (Phi) is 11.6. The van der Waals surface area contributed by atoms with Crippen molar-refractivity contribution in [1.29, 1.82) is 0 Å². The van der Waals surface area contributed by atoms with E-state index < -0.39 is 23.6 Å². The molecule has 0 aromatic carbocycles. The number of carbonyl (C=O) groups is 4. The number of nitrogens with one attached hydrogen (secondary N) is 2. The van der Waals surface area contributed by atoms with Crippen molar-refractivity contribution in [2.75, 3.05) is 13.1 Å². The van der Waals surface area contributed by atoms with Crippen LogP contribution in [0, 0.1) is 5.92 Å². The average Bonchev–Trinajstić information content (AvgIpc) is 3.46. The topological polar surface area (TPSA) is 142 Å². The third kappa shape index (κ3) is 8.78. The number of thiocarbonyl (C=S) groups is 1. The summed E-state index contributed by atoms with van der Waals surface area (Å²) >= 11 is 8.80. The summed E-state index contributed by atoms with van der Waals surface area (Å²) in [5.74, 6) is -1.53. The molecule has 3 atom stereocenters. The lowest BCUT2D eigenvalue weighted by Crippen LogP contribution is -2.52. The van der Waals surface area contributed by atoms with Gasteiger partial charge in [-0.1, -0.05) is 41.0 Å². The van der Waals surface area contributed by atoms with Crippen LogP contribution in [0.4, 0.5) is 0 Å². The first kappa shape index (κ1) is 29.6. The van der Waals surface area contributed by atoms with Gasteiger partial charge >= 0.3 is 5.97 Å². The van der Waals surface area contributed by atoms with Gasteiger partial charge in [-0.05, 0) is 58.9 Å². The van der Waals surface area contributed by atoms with Gasteiger partial charge in [0, 0.05) is 30.1 Å². The van der Waals surface area contributed by atoms with Crippen molar-refractivity contribution in [3.05, 3.63) is 0 Å². The standard InChI is InChI=1S/C24H39BrN4O5S/c1-24(2,23(33)34)28-20(35)11-10-19(30)18-13-16(25)14-29(18)22(32)17(9-5-6-12-26)27-21(31)15-7-3-4-8-15/h15-18H,3-14,26H2,1-2H3,(H,27,31)(H,28,35)(H,33,34)/t16?,17-,18-/m0/s1. The third-order valence-corrected chi connectivity index (χ3v) is 7.75. The largest absolute Gasteiger partial charge is 0.480 e. The summed E-state index contributed by atoms with van der Waals surface area (Å²) in [5, 5.41) is 15.0. The number of carbonyl (C=O) groups excluding carboxylic acids is 3. The Bertz CT molecular complexity index is 803. The number of hydrogen-bond acceptors (Lipinski definition) is 6. The number of rotatable bonds is 13. The lowest BCUT2D eigenvalue weighted by Gasteiger charge is -2.29. The number of likely N-dealkylation sites (tertiary alicyclic amines) is 1. The summed E-state index contributed by atoms with van der Waals surface area (Å²) in [6, 6.07) is -1.29. The maximum atomic E-state index is 13.6. The van der Waals surface area contributed by atoms with Crippen molar-refractivity contribution in [3.8, 4) is 0 Å². The van der Waals surface area contributed by atoms with Gasteiger partial charge in [-0.2, -0.15) is 0 Å². The maximum Gasteiger partial charge on any atom is 0.328 e. The van der Waals surface area contributed by atoms with Gasteiger partial charge in [0.2, 0.25) is 11.8 Å². The minimum Gasteiger partial charge on any atom is -0.480 e. The molecule has 5 N–H and O–H groups in total. The molecular formula is C24H39BrN4O5S. The Morgan fingerprint density at radius 2 is 1.83 bits per heavy atom. The van der Waals surface area contributed by atoms with Gasteiger partial charge in [0.25, 0.3) is 0 Å². The fourth-order valence-corrected chi connectivity index (χ4v) is 5.65. The van der Waals surface area contributed by atoms with Crippen molar-refractivity contribution in [3.63, 3.8) is 0 Å². The Hall–Kier alpha value is -1.59. The molecule has 11 heteroatoms.